The lowest BCUT2D eigenvalue weighted by molar-refractivity contribution is 0.00229. The third-order valence-electron chi connectivity index (χ3n) is 2.34. The summed E-state index contributed by atoms with van der Waals surface area (Å²) in [6.07, 6.45) is 3.04. The van der Waals surface area contributed by atoms with Gasteiger partial charge >= 0.3 is 0 Å². The molecule has 4 nitrogen and oxygen atoms in total. The van der Waals surface area contributed by atoms with E-state index in [2.05, 4.69) is 18.5 Å². The molecule has 16 heavy (non-hydrogen) atoms. The molecule has 1 unspecified atom stereocenters. The highest BCUT2D eigenvalue weighted by molar-refractivity contribution is 5.01. The smallest absolute Gasteiger partial charge is 0.111 e. The minimum Gasteiger partial charge on any atom is -0.492 e. The summed E-state index contributed by atoms with van der Waals surface area (Å²) in [5.41, 5.74) is 0. The maximum atomic E-state index is 5.59. The Labute approximate surface area is 97.3 Å². The van der Waals surface area contributed by atoms with E-state index in [1.807, 2.05) is 0 Å². The van der Waals surface area contributed by atoms with Crippen LogP contribution in [0, 0.1) is 0 Å². The molecule has 1 aliphatic rings. The van der Waals surface area contributed by atoms with Crippen molar-refractivity contribution in [3.8, 4) is 0 Å². The van der Waals surface area contributed by atoms with E-state index >= 15 is 0 Å². The summed E-state index contributed by atoms with van der Waals surface area (Å²) in [6, 6.07) is 0. The van der Waals surface area contributed by atoms with Crippen LogP contribution in [0.3, 0.4) is 0 Å². The summed E-state index contributed by atoms with van der Waals surface area (Å²) in [4.78, 5) is 0. The number of ether oxygens (including phenoxy) is 3. The average Bonchev–Trinajstić information content (AvgIpc) is 2.80. The average molecular weight is 227 g/mol. The Balaban J connectivity index is 1.80. The van der Waals surface area contributed by atoms with Crippen molar-refractivity contribution >= 4 is 0 Å². The van der Waals surface area contributed by atoms with Crippen LogP contribution in [0.15, 0.2) is 25.0 Å². The fourth-order valence-electron chi connectivity index (χ4n) is 1.44. The summed E-state index contributed by atoms with van der Waals surface area (Å²) >= 11 is 0. The molecule has 1 rings (SSSR count). The van der Waals surface area contributed by atoms with Gasteiger partial charge in [-0.15, -0.1) is 0 Å². The second-order valence-electron chi connectivity index (χ2n) is 3.62. The first-order chi connectivity index (χ1) is 7.83. The van der Waals surface area contributed by atoms with Crippen LogP contribution in [-0.4, -0.2) is 45.6 Å². The van der Waals surface area contributed by atoms with Gasteiger partial charge in [-0.05, 0) is 19.0 Å². The van der Waals surface area contributed by atoms with Crippen LogP contribution < -0.4 is 5.32 Å². The molecule has 1 atom stereocenters. The third-order valence-corrected chi connectivity index (χ3v) is 2.34. The second kappa shape index (κ2) is 8.33. The Morgan fingerprint density at radius 1 is 1.31 bits per heavy atom. The quantitative estimate of drug-likeness (QED) is 0.364. The minimum atomic E-state index is 0.361. The van der Waals surface area contributed by atoms with Gasteiger partial charge in [-0.3, -0.25) is 0 Å². The highest BCUT2D eigenvalue weighted by atomic mass is 16.5. The Hall–Kier alpha value is -0.840. The Morgan fingerprint density at radius 2 is 2.12 bits per heavy atom. The van der Waals surface area contributed by atoms with Crippen LogP contribution in [0.5, 0.6) is 0 Å². The van der Waals surface area contributed by atoms with E-state index in [1.54, 1.807) is 6.08 Å². The topological polar surface area (TPSA) is 39.7 Å². The molecule has 1 saturated heterocycles. The normalized spacial score (nSPS) is 19.6. The molecule has 0 saturated carbocycles. The number of hydrogen-bond donors (Lipinski definition) is 1. The summed E-state index contributed by atoms with van der Waals surface area (Å²) in [6.45, 7) is 11.5. The van der Waals surface area contributed by atoms with Gasteiger partial charge in [0.25, 0.3) is 0 Å². The van der Waals surface area contributed by atoms with Crippen LogP contribution in [0.4, 0.5) is 0 Å². The van der Waals surface area contributed by atoms with Crippen molar-refractivity contribution in [2.75, 3.05) is 39.5 Å². The number of hydrogen-bond acceptors (Lipinski definition) is 4. The molecule has 0 radical (unpaired) electrons. The van der Waals surface area contributed by atoms with Crippen LogP contribution in [0.25, 0.3) is 0 Å². The molecule has 0 bridgehead atoms. The Morgan fingerprint density at radius 3 is 2.81 bits per heavy atom. The first kappa shape index (κ1) is 13.2. The standard InChI is InChI=1S/C12H21NO3/c1-3-11(2)15-8-6-14-7-9-16-12-4-5-13-10-12/h3,12-13H,1-2,4-10H2. The van der Waals surface area contributed by atoms with Gasteiger partial charge < -0.3 is 19.5 Å². The van der Waals surface area contributed by atoms with E-state index in [0.29, 0.717) is 38.3 Å². The molecule has 4 heteroatoms. The van der Waals surface area contributed by atoms with E-state index in [1.165, 1.54) is 0 Å². The summed E-state index contributed by atoms with van der Waals surface area (Å²) in [5, 5.41) is 3.25. The molecule has 0 aromatic heterocycles. The molecule has 0 amide bonds. The molecular formula is C12H21NO3. The highest BCUT2D eigenvalue weighted by Gasteiger charge is 2.13. The minimum absolute atomic E-state index is 0.361. The molecule has 0 aliphatic carbocycles. The van der Waals surface area contributed by atoms with Crippen molar-refractivity contribution in [2.45, 2.75) is 12.5 Å². The monoisotopic (exact) mass is 227 g/mol. The van der Waals surface area contributed by atoms with Gasteiger partial charge in [-0.25, -0.2) is 0 Å². The first-order valence-corrected chi connectivity index (χ1v) is 5.67. The van der Waals surface area contributed by atoms with Crippen molar-refractivity contribution in [3.63, 3.8) is 0 Å². The van der Waals surface area contributed by atoms with Gasteiger partial charge in [-0.2, -0.15) is 0 Å². The van der Waals surface area contributed by atoms with Gasteiger partial charge in [-0.1, -0.05) is 13.2 Å². The van der Waals surface area contributed by atoms with Gasteiger partial charge in [0, 0.05) is 6.54 Å². The predicted molar refractivity (Wildman–Crippen MR) is 63.3 cm³/mol. The molecule has 1 N–H and O–H groups in total. The first-order valence-electron chi connectivity index (χ1n) is 5.67. The molecule has 0 aromatic rings. The van der Waals surface area contributed by atoms with Crippen molar-refractivity contribution in [1.82, 2.24) is 5.32 Å². The van der Waals surface area contributed by atoms with E-state index in [4.69, 9.17) is 14.2 Å². The van der Waals surface area contributed by atoms with Crippen LogP contribution in [-0.2, 0) is 14.2 Å². The third kappa shape index (κ3) is 5.90. The summed E-state index contributed by atoms with van der Waals surface area (Å²) in [7, 11) is 0. The SMILES string of the molecule is C=CC(=C)OCCOCCOC1CCNC1. The zero-order valence-corrected chi connectivity index (χ0v) is 9.74. The van der Waals surface area contributed by atoms with Crippen molar-refractivity contribution in [2.24, 2.45) is 0 Å². The van der Waals surface area contributed by atoms with E-state index in [-0.39, 0.29) is 0 Å². The number of rotatable bonds is 9. The maximum Gasteiger partial charge on any atom is 0.111 e. The van der Waals surface area contributed by atoms with Gasteiger partial charge in [0.1, 0.15) is 12.4 Å². The van der Waals surface area contributed by atoms with E-state index < -0.39 is 0 Å². The molecule has 0 aromatic carbocycles. The summed E-state index contributed by atoms with van der Waals surface area (Å²) in [5.74, 6) is 0.580. The number of allylic oxidation sites excluding steroid dienone is 1. The molecule has 1 fully saturated rings. The zero-order chi connectivity index (χ0) is 11.6. The van der Waals surface area contributed by atoms with Crippen LogP contribution >= 0.6 is 0 Å². The lowest BCUT2D eigenvalue weighted by Gasteiger charge is -2.10. The van der Waals surface area contributed by atoms with Crippen LogP contribution in [0.1, 0.15) is 6.42 Å². The van der Waals surface area contributed by atoms with Gasteiger partial charge in [0.2, 0.25) is 0 Å². The van der Waals surface area contributed by atoms with Gasteiger partial charge in [0.05, 0.1) is 25.9 Å². The number of nitrogens with one attached hydrogen (secondary N) is 1. The lowest BCUT2D eigenvalue weighted by atomic mass is 10.3. The molecule has 1 heterocycles. The maximum absolute atomic E-state index is 5.59. The van der Waals surface area contributed by atoms with Crippen molar-refractivity contribution < 1.29 is 14.2 Å². The fraction of sp³-hybridized carbons (Fsp3) is 0.667. The van der Waals surface area contributed by atoms with E-state index in [0.717, 1.165) is 19.5 Å². The van der Waals surface area contributed by atoms with Crippen molar-refractivity contribution in [1.29, 1.82) is 0 Å². The van der Waals surface area contributed by atoms with Crippen molar-refractivity contribution in [3.05, 3.63) is 25.0 Å². The largest absolute Gasteiger partial charge is 0.492 e. The molecule has 0 spiro atoms. The lowest BCUT2D eigenvalue weighted by Crippen LogP contribution is -2.19. The summed E-state index contributed by atoms with van der Waals surface area (Å²) < 4.78 is 16.1. The highest BCUT2D eigenvalue weighted by Crippen LogP contribution is 2.02. The Kier molecular flexibility index (Phi) is 6.88. The van der Waals surface area contributed by atoms with Crippen LogP contribution in [0.2, 0.25) is 0 Å². The second-order valence-corrected chi connectivity index (χ2v) is 3.62. The predicted octanol–water partition coefficient (Wildman–Crippen LogP) is 1.10. The zero-order valence-electron chi connectivity index (χ0n) is 9.74. The van der Waals surface area contributed by atoms with E-state index in [9.17, 15) is 0 Å². The van der Waals surface area contributed by atoms with Gasteiger partial charge in [0.15, 0.2) is 0 Å². The molecule has 1 aliphatic heterocycles. The molecular weight excluding hydrogens is 206 g/mol. The fourth-order valence-corrected chi connectivity index (χ4v) is 1.44. The molecule has 92 valence electrons. The Bertz CT molecular complexity index is 212.